The van der Waals surface area contributed by atoms with Gasteiger partial charge in [0.2, 0.25) is 15.9 Å². The molecule has 0 aliphatic rings. The zero-order chi connectivity index (χ0) is 24.7. The van der Waals surface area contributed by atoms with Gasteiger partial charge in [-0.1, -0.05) is 38.1 Å². The van der Waals surface area contributed by atoms with E-state index in [2.05, 4.69) is 20.2 Å². The molecule has 1 atom stereocenters. The van der Waals surface area contributed by atoms with E-state index in [4.69, 9.17) is 9.26 Å². The molecule has 1 heterocycles. The highest BCUT2D eigenvalue weighted by Gasteiger charge is 2.16. The average Bonchev–Trinajstić information content (AvgIpc) is 3.28. The number of amides is 1. The lowest BCUT2D eigenvalue weighted by atomic mass is 10.1. The van der Waals surface area contributed by atoms with Crippen molar-refractivity contribution in [2.24, 2.45) is 0 Å². The SMILES string of the molecule is CC[C@@H](C)NS(=O)(=O)c1ccc(OCC(=O)Nc2ccc(Cc3noc(C(C)C)n3)cc2)cc1. The standard InChI is InChI=1S/C24H30N4O5S/c1-5-17(4)28-34(30,31)21-12-10-20(11-13-21)32-15-23(29)25-19-8-6-18(7-9-19)14-22-26-24(16(2)3)33-27-22/h6-13,16-17,28H,5,14-15H2,1-4H3,(H,25,29)/t17-/m1/s1. The van der Waals surface area contributed by atoms with E-state index in [0.717, 1.165) is 5.56 Å². The number of nitrogens with one attached hydrogen (secondary N) is 2. The first-order chi connectivity index (χ1) is 16.2. The van der Waals surface area contributed by atoms with Crippen molar-refractivity contribution in [1.82, 2.24) is 14.9 Å². The van der Waals surface area contributed by atoms with Gasteiger partial charge in [-0.05, 0) is 55.3 Å². The molecule has 182 valence electrons. The summed E-state index contributed by atoms with van der Waals surface area (Å²) in [6, 6.07) is 13.1. The first-order valence-electron chi connectivity index (χ1n) is 11.1. The summed E-state index contributed by atoms with van der Waals surface area (Å²) in [4.78, 5) is 16.7. The molecule has 0 fully saturated rings. The van der Waals surface area contributed by atoms with Crippen LogP contribution in [0.15, 0.2) is 57.9 Å². The summed E-state index contributed by atoms with van der Waals surface area (Å²) in [5, 5.41) is 6.75. The van der Waals surface area contributed by atoms with Crippen molar-refractivity contribution >= 4 is 21.6 Å². The monoisotopic (exact) mass is 486 g/mol. The summed E-state index contributed by atoms with van der Waals surface area (Å²) < 4.78 is 37.9. The van der Waals surface area contributed by atoms with Crippen LogP contribution in [0.2, 0.25) is 0 Å². The first kappa shape index (κ1) is 25.4. The van der Waals surface area contributed by atoms with Crippen LogP contribution in [0.4, 0.5) is 5.69 Å². The maximum Gasteiger partial charge on any atom is 0.262 e. The zero-order valence-electron chi connectivity index (χ0n) is 19.7. The van der Waals surface area contributed by atoms with Gasteiger partial charge < -0.3 is 14.6 Å². The molecule has 2 aromatic carbocycles. The topological polar surface area (TPSA) is 123 Å². The molecule has 0 unspecified atom stereocenters. The fourth-order valence-corrected chi connectivity index (χ4v) is 4.27. The predicted octanol–water partition coefficient (Wildman–Crippen LogP) is 3.88. The second-order valence-electron chi connectivity index (χ2n) is 8.32. The number of nitrogens with zero attached hydrogens (tertiary/aromatic N) is 2. The summed E-state index contributed by atoms with van der Waals surface area (Å²) in [6.45, 7) is 7.48. The van der Waals surface area contributed by atoms with Gasteiger partial charge in [0, 0.05) is 24.1 Å². The molecule has 10 heteroatoms. The molecule has 1 aromatic heterocycles. The van der Waals surface area contributed by atoms with E-state index in [-0.39, 0.29) is 29.4 Å². The van der Waals surface area contributed by atoms with Crippen LogP contribution < -0.4 is 14.8 Å². The van der Waals surface area contributed by atoms with Crippen LogP contribution >= 0.6 is 0 Å². The van der Waals surface area contributed by atoms with Crippen molar-refractivity contribution in [3.63, 3.8) is 0 Å². The lowest BCUT2D eigenvalue weighted by Crippen LogP contribution is -2.31. The van der Waals surface area contributed by atoms with Crippen molar-refractivity contribution in [3.8, 4) is 5.75 Å². The van der Waals surface area contributed by atoms with Crippen molar-refractivity contribution in [2.75, 3.05) is 11.9 Å². The summed E-state index contributed by atoms with van der Waals surface area (Å²) in [7, 11) is -3.58. The molecular formula is C24H30N4O5S. The number of carbonyl (C=O) groups is 1. The molecule has 2 N–H and O–H groups in total. The third-order valence-electron chi connectivity index (χ3n) is 5.05. The summed E-state index contributed by atoms with van der Waals surface area (Å²) >= 11 is 0. The zero-order valence-corrected chi connectivity index (χ0v) is 20.6. The third kappa shape index (κ3) is 7.13. The lowest BCUT2D eigenvalue weighted by Gasteiger charge is -2.12. The molecule has 0 radical (unpaired) electrons. The Labute approximate surface area is 200 Å². The number of carbonyl (C=O) groups excluding carboxylic acids is 1. The molecule has 1 amide bonds. The quantitative estimate of drug-likeness (QED) is 0.421. The van der Waals surface area contributed by atoms with Crippen LogP contribution in [0.3, 0.4) is 0 Å². The maximum absolute atomic E-state index is 12.3. The summed E-state index contributed by atoms with van der Waals surface area (Å²) in [5.41, 5.74) is 1.62. The molecule has 3 aromatic rings. The number of aromatic nitrogens is 2. The Morgan fingerprint density at radius 2 is 1.74 bits per heavy atom. The van der Waals surface area contributed by atoms with Crippen molar-refractivity contribution < 1.29 is 22.5 Å². The van der Waals surface area contributed by atoms with E-state index in [0.29, 0.717) is 36.0 Å². The van der Waals surface area contributed by atoms with Gasteiger partial charge in [-0.15, -0.1) is 0 Å². The Morgan fingerprint density at radius 3 is 2.32 bits per heavy atom. The number of anilines is 1. The van der Waals surface area contributed by atoms with Gasteiger partial charge in [0.05, 0.1) is 4.90 Å². The fraction of sp³-hybridized carbons (Fsp3) is 0.375. The molecule has 0 bridgehead atoms. The second-order valence-corrected chi connectivity index (χ2v) is 10.0. The molecule has 9 nitrogen and oxygen atoms in total. The van der Waals surface area contributed by atoms with Gasteiger partial charge in [-0.3, -0.25) is 4.79 Å². The van der Waals surface area contributed by atoms with Crippen LogP contribution in [0.25, 0.3) is 0 Å². The molecule has 0 saturated heterocycles. The maximum atomic E-state index is 12.3. The van der Waals surface area contributed by atoms with Gasteiger partial charge >= 0.3 is 0 Å². The van der Waals surface area contributed by atoms with Gasteiger partial charge in [0.1, 0.15) is 5.75 Å². The van der Waals surface area contributed by atoms with Gasteiger partial charge in [-0.2, -0.15) is 4.98 Å². The van der Waals surface area contributed by atoms with E-state index >= 15 is 0 Å². The molecule has 0 saturated carbocycles. The Hall–Kier alpha value is -3.24. The van der Waals surface area contributed by atoms with Gasteiger partial charge in [-0.25, -0.2) is 13.1 Å². The summed E-state index contributed by atoms with van der Waals surface area (Å²) in [5.74, 6) is 1.47. The number of rotatable bonds is 11. The Morgan fingerprint density at radius 1 is 1.06 bits per heavy atom. The Balaban J connectivity index is 1.49. The molecule has 0 spiro atoms. The molecule has 34 heavy (non-hydrogen) atoms. The highest BCUT2D eigenvalue weighted by Crippen LogP contribution is 2.18. The van der Waals surface area contributed by atoms with Crippen LogP contribution in [-0.2, 0) is 21.2 Å². The van der Waals surface area contributed by atoms with Crippen LogP contribution in [0, 0.1) is 0 Å². The minimum absolute atomic E-state index is 0.144. The number of benzene rings is 2. The minimum atomic E-state index is -3.58. The van der Waals surface area contributed by atoms with Crippen molar-refractivity contribution in [3.05, 3.63) is 65.8 Å². The smallest absolute Gasteiger partial charge is 0.262 e. The highest BCUT2D eigenvalue weighted by molar-refractivity contribution is 7.89. The van der Waals surface area contributed by atoms with E-state index in [9.17, 15) is 13.2 Å². The van der Waals surface area contributed by atoms with E-state index in [1.54, 1.807) is 19.1 Å². The van der Waals surface area contributed by atoms with Gasteiger partial charge in [0.25, 0.3) is 5.91 Å². The Kier molecular flexibility index (Phi) is 8.41. The number of sulfonamides is 1. The molecule has 3 rings (SSSR count). The predicted molar refractivity (Wildman–Crippen MR) is 128 cm³/mol. The van der Waals surface area contributed by atoms with E-state index in [1.807, 2.05) is 32.9 Å². The molecular weight excluding hydrogens is 456 g/mol. The van der Waals surface area contributed by atoms with Crippen LogP contribution in [0.1, 0.15) is 57.3 Å². The van der Waals surface area contributed by atoms with Crippen molar-refractivity contribution in [1.29, 1.82) is 0 Å². The third-order valence-corrected chi connectivity index (χ3v) is 6.66. The fourth-order valence-electron chi connectivity index (χ4n) is 2.94. The largest absolute Gasteiger partial charge is 0.484 e. The molecule has 0 aliphatic carbocycles. The van der Waals surface area contributed by atoms with Crippen LogP contribution in [0.5, 0.6) is 5.75 Å². The second kappa shape index (κ2) is 11.3. The normalized spacial score (nSPS) is 12.5. The van der Waals surface area contributed by atoms with Crippen LogP contribution in [-0.4, -0.2) is 37.1 Å². The number of ether oxygens (including phenoxy) is 1. The summed E-state index contributed by atoms with van der Waals surface area (Å²) in [6.07, 6.45) is 1.22. The Bertz CT molecular complexity index is 1190. The highest BCUT2D eigenvalue weighted by atomic mass is 32.2. The van der Waals surface area contributed by atoms with Crippen molar-refractivity contribution in [2.45, 2.75) is 57.4 Å². The number of hydrogen-bond donors (Lipinski definition) is 2. The molecule has 0 aliphatic heterocycles. The van der Waals surface area contributed by atoms with E-state index < -0.39 is 10.0 Å². The minimum Gasteiger partial charge on any atom is -0.484 e. The first-order valence-corrected chi connectivity index (χ1v) is 12.6. The van der Waals surface area contributed by atoms with Gasteiger partial charge in [0.15, 0.2) is 12.4 Å². The average molecular weight is 487 g/mol. The number of hydrogen-bond acceptors (Lipinski definition) is 7. The lowest BCUT2D eigenvalue weighted by molar-refractivity contribution is -0.118. The van der Waals surface area contributed by atoms with E-state index in [1.165, 1.54) is 24.3 Å².